The Morgan fingerprint density at radius 3 is 2.42 bits per heavy atom. The van der Waals surface area contributed by atoms with Gasteiger partial charge in [0.15, 0.2) is 0 Å². The summed E-state index contributed by atoms with van der Waals surface area (Å²) in [5, 5.41) is 31.6. The molecule has 0 spiro atoms. The van der Waals surface area contributed by atoms with Crippen LogP contribution in [0.15, 0.2) is 12.2 Å². The lowest BCUT2D eigenvalue weighted by molar-refractivity contribution is -0.171. The van der Waals surface area contributed by atoms with Crippen LogP contribution < -0.4 is 0 Å². The lowest BCUT2D eigenvalue weighted by Gasteiger charge is -2.59. The predicted octanol–water partition coefficient (Wildman–Crippen LogP) is 3.28. The molecule has 0 bridgehead atoms. The molecule has 3 heteroatoms. The first-order valence-corrected chi connectivity index (χ1v) is 9.99. The lowest BCUT2D eigenvalue weighted by atomic mass is 9.46. The van der Waals surface area contributed by atoms with Gasteiger partial charge in [-0.25, -0.2) is 0 Å². The average Bonchev–Trinajstić information content (AvgIpc) is 2.81. The summed E-state index contributed by atoms with van der Waals surface area (Å²) in [7, 11) is 0. The van der Waals surface area contributed by atoms with Crippen molar-refractivity contribution in [1.82, 2.24) is 0 Å². The van der Waals surface area contributed by atoms with Gasteiger partial charge in [0.05, 0.1) is 17.8 Å². The van der Waals surface area contributed by atoms with Crippen LogP contribution in [0, 0.1) is 34.5 Å². The van der Waals surface area contributed by atoms with Gasteiger partial charge in [0.25, 0.3) is 0 Å². The minimum absolute atomic E-state index is 0.134. The highest BCUT2D eigenvalue weighted by Gasteiger charge is 2.65. The van der Waals surface area contributed by atoms with Crippen molar-refractivity contribution in [2.75, 3.05) is 0 Å². The Kier molecular flexibility index (Phi) is 3.77. The second-order valence-electron chi connectivity index (χ2n) is 9.81. The second-order valence-corrected chi connectivity index (χ2v) is 9.81. The van der Waals surface area contributed by atoms with Gasteiger partial charge in [0.2, 0.25) is 0 Å². The molecule has 24 heavy (non-hydrogen) atoms. The van der Waals surface area contributed by atoms with Crippen LogP contribution in [0.3, 0.4) is 0 Å². The molecule has 136 valence electrons. The first kappa shape index (κ1) is 17.1. The number of hydrogen-bond donors (Lipinski definition) is 3. The molecule has 0 aliphatic heterocycles. The van der Waals surface area contributed by atoms with E-state index in [4.69, 9.17) is 0 Å². The highest BCUT2D eigenvalue weighted by atomic mass is 16.3. The lowest BCUT2D eigenvalue weighted by Crippen LogP contribution is -2.58. The van der Waals surface area contributed by atoms with Gasteiger partial charge < -0.3 is 15.3 Å². The third-order valence-corrected chi connectivity index (χ3v) is 9.04. The summed E-state index contributed by atoms with van der Waals surface area (Å²) in [6.45, 7) is 6.43. The zero-order valence-corrected chi connectivity index (χ0v) is 15.4. The smallest absolute Gasteiger partial charge is 0.0958 e. The molecule has 3 saturated carbocycles. The minimum atomic E-state index is -0.934. The first-order valence-electron chi connectivity index (χ1n) is 9.99. The summed E-state index contributed by atoms with van der Waals surface area (Å²) in [6.07, 6.45) is 10.9. The molecule has 4 rings (SSSR count). The van der Waals surface area contributed by atoms with E-state index in [-0.39, 0.29) is 11.5 Å². The molecule has 0 aromatic rings. The van der Waals surface area contributed by atoms with Crippen LogP contribution in [0.5, 0.6) is 0 Å². The van der Waals surface area contributed by atoms with E-state index in [0.29, 0.717) is 29.1 Å². The molecule has 0 unspecified atom stereocenters. The van der Waals surface area contributed by atoms with Crippen molar-refractivity contribution in [3.05, 3.63) is 12.2 Å². The van der Waals surface area contributed by atoms with Crippen LogP contribution in [-0.2, 0) is 0 Å². The summed E-state index contributed by atoms with van der Waals surface area (Å²) >= 11 is 0. The zero-order valence-electron chi connectivity index (χ0n) is 15.4. The summed E-state index contributed by atoms with van der Waals surface area (Å²) in [6, 6.07) is 0. The molecule has 3 nitrogen and oxygen atoms in total. The molecule has 9 atom stereocenters. The Hall–Kier alpha value is -0.380. The minimum Gasteiger partial charge on any atom is -0.393 e. The van der Waals surface area contributed by atoms with E-state index >= 15 is 0 Å². The standard InChI is InChI=1S/C21H34O3/c1-13(22)21(24)11-8-18-16-5-4-14-12-15(23)6-9-19(14,2)17(16)7-10-20(18,21)3/h4-5,13-18,22-24H,6-12H2,1-3H3/t13-,14-,15-,16+,17+,18-,19-,20-,21+/m0/s1. The van der Waals surface area contributed by atoms with Gasteiger partial charge in [-0.05, 0) is 81.0 Å². The van der Waals surface area contributed by atoms with Gasteiger partial charge in [0, 0.05) is 5.41 Å². The van der Waals surface area contributed by atoms with E-state index in [2.05, 4.69) is 26.0 Å². The Morgan fingerprint density at radius 1 is 1.00 bits per heavy atom. The van der Waals surface area contributed by atoms with Gasteiger partial charge >= 0.3 is 0 Å². The van der Waals surface area contributed by atoms with Crippen molar-refractivity contribution in [2.45, 2.75) is 83.5 Å². The van der Waals surface area contributed by atoms with E-state index < -0.39 is 11.7 Å². The molecule has 3 N–H and O–H groups in total. The van der Waals surface area contributed by atoms with Gasteiger partial charge in [-0.1, -0.05) is 26.0 Å². The maximum Gasteiger partial charge on any atom is 0.0958 e. The maximum absolute atomic E-state index is 11.2. The fourth-order valence-corrected chi connectivity index (χ4v) is 7.34. The van der Waals surface area contributed by atoms with Crippen molar-refractivity contribution in [3.63, 3.8) is 0 Å². The van der Waals surface area contributed by atoms with E-state index in [9.17, 15) is 15.3 Å². The summed E-state index contributed by atoms with van der Waals surface area (Å²) < 4.78 is 0. The number of aliphatic hydroxyl groups excluding tert-OH is 2. The van der Waals surface area contributed by atoms with Crippen LogP contribution in [0.2, 0.25) is 0 Å². The van der Waals surface area contributed by atoms with Crippen LogP contribution in [0.25, 0.3) is 0 Å². The Balaban J connectivity index is 1.68. The predicted molar refractivity (Wildman–Crippen MR) is 94.3 cm³/mol. The Bertz CT molecular complexity index is 543. The van der Waals surface area contributed by atoms with Crippen molar-refractivity contribution in [2.24, 2.45) is 34.5 Å². The number of aliphatic hydroxyl groups is 3. The molecule has 3 fully saturated rings. The Labute approximate surface area is 146 Å². The number of allylic oxidation sites excluding steroid dienone is 2. The maximum atomic E-state index is 11.2. The van der Waals surface area contributed by atoms with Crippen molar-refractivity contribution in [1.29, 1.82) is 0 Å². The van der Waals surface area contributed by atoms with Crippen molar-refractivity contribution >= 4 is 0 Å². The van der Waals surface area contributed by atoms with Gasteiger partial charge in [-0.2, -0.15) is 0 Å². The van der Waals surface area contributed by atoms with E-state index in [1.165, 1.54) is 0 Å². The summed E-state index contributed by atoms with van der Waals surface area (Å²) in [5.74, 6) is 2.16. The van der Waals surface area contributed by atoms with E-state index in [1.807, 2.05) is 0 Å². The molecular weight excluding hydrogens is 300 g/mol. The van der Waals surface area contributed by atoms with Crippen LogP contribution in [-0.4, -0.2) is 33.1 Å². The monoisotopic (exact) mass is 334 g/mol. The molecule has 0 aromatic heterocycles. The van der Waals surface area contributed by atoms with E-state index in [0.717, 1.165) is 44.9 Å². The van der Waals surface area contributed by atoms with Crippen LogP contribution >= 0.6 is 0 Å². The highest BCUT2D eigenvalue weighted by Crippen LogP contribution is 2.67. The Morgan fingerprint density at radius 2 is 1.71 bits per heavy atom. The number of fused-ring (bicyclic) bond motifs is 5. The fraction of sp³-hybridized carbons (Fsp3) is 0.905. The largest absolute Gasteiger partial charge is 0.393 e. The molecule has 0 radical (unpaired) electrons. The van der Waals surface area contributed by atoms with E-state index in [1.54, 1.807) is 6.92 Å². The molecule has 4 aliphatic rings. The molecule has 4 aliphatic carbocycles. The van der Waals surface area contributed by atoms with Gasteiger partial charge in [-0.3, -0.25) is 0 Å². The summed E-state index contributed by atoms with van der Waals surface area (Å²) in [5.41, 5.74) is -0.813. The summed E-state index contributed by atoms with van der Waals surface area (Å²) in [4.78, 5) is 0. The molecule has 0 saturated heterocycles. The third kappa shape index (κ3) is 2.01. The normalized spacial score (nSPS) is 57.8. The number of rotatable bonds is 1. The first-order chi connectivity index (χ1) is 11.2. The topological polar surface area (TPSA) is 60.7 Å². The van der Waals surface area contributed by atoms with Crippen molar-refractivity contribution < 1.29 is 15.3 Å². The van der Waals surface area contributed by atoms with Crippen LogP contribution in [0.4, 0.5) is 0 Å². The molecule has 0 heterocycles. The molecule has 0 aromatic carbocycles. The highest BCUT2D eigenvalue weighted by molar-refractivity contribution is 5.21. The average molecular weight is 335 g/mol. The molecule has 0 amide bonds. The zero-order chi connectivity index (χ0) is 17.3. The van der Waals surface area contributed by atoms with Crippen LogP contribution in [0.1, 0.15) is 65.7 Å². The van der Waals surface area contributed by atoms with Gasteiger partial charge in [0.1, 0.15) is 0 Å². The second kappa shape index (κ2) is 5.31. The number of hydrogen-bond acceptors (Lipinski definition) is 3. The van der Waals surface area contributed by atoms with Gasteiger partial charge in [-0.15, -0.1) is 0 Å². The SMILES string of the molecule is C[C@H](O)[C@]1(O)CC[C@H]2[C@@H]3C=C[C@H]4C[C@@H](O)CC[C@]4(C)[C@@H]3CC[C@@]21C. The third-order valence-electron chi connectivity index (χ3n) is 9.04. The molecular formula is C21H34O3. The quantitative estimate of drug-likeness (QED) is 0.645. The van der Waals surface area contributed by atoms with Crippen molar-refractivity contribution in [3.8, 4) is 0 Å². The fourth-order valence-electron chi connectivity index (χ4n) is 7.34.